The number of hydrogen-bond donors (Lipinski definition) is 1. The van der Waals surface area contributed by atoms with E-state index in [1.807, 2.05) is 6.92 Å². The molecule has 0 saturated carbocycles. The molecule has 1 fully saturated rings. The largest absolute Gasteiger partial charge is 0.382 e. The molecule has 4 heteroatoms. The monoisotopic (exact) mass is 311 g/mol. The number of aliphatic imine (C=N–C) groups is 1. The molecule has 1 N–H and O–H groups in total. The van der Waals surface area contributed by atoms with Crippen molar-refractivity contribution in [1.29, 1.82) is 0 Å². The Labute approximate surface area is 137 Å². The smallest absolute Gasteiger partial charge is 0.193 e. The molecule has 0 radical (unpaired) electrons. The molecule has 130 valence electrons. The van der Waals surface area contributed by atoms with E-state index in [2.05, 4.69) is 31.0 Å². The predicted molar refractivity (Wildman–Crippen MR) is 95.5 cm³/mol. The van der Waals surface area contributed by atoms with Crippen LogP contribution in [0.1, 0.15) is 66.2 Å². The summed E-state index contributed by atoms with van der Waals surface area (Å²) < 4.78 is 5.38. The van der Waals surface area contributed by atoms with Crippen LogP contribution in [-0.4, -0.2) is 50.3 Å². The predicted octanol–water partition coefficient (Wildman–Crippen LogP) is 3.67. The first-order chi connectivity index (χ1) is 10.6. The number of hydrogen-bond acceptors (Lipinski definition) is 2. The third-order valence-electron chi connectivity index (χ3n) is 4.43. The summed E-state index contributed by atoms with van der Waals surface area (Å²) in [5.74, 6) is 1.11. The van der Waals surface area contributed by atoms with Gasteiger partial charge in [0.15, 0.2) is 5.96 Å². The lowest BCUT2D eigenvalue weighted by atomic mass is 9.78. The second kappa shape index (κ2) is 10.9. The zero-order valence-electron chi connectivity index (χ0n) is 15.3. The Morgan fingerprint density at radius 1 is 1.27 bits per heavy atom. The van der Waals surface area contributed by atoms with Crippen molar-refractivity contribution >= 4 is 5.96 Å². The highest BCUT2D eigenvalue weighted by Crippen LogP contribution is 2.33. The molecule has 1 aliphatic rings. The average molecular weight is 312 g/mol. The van der Waals surface area contributed by atoms with Gasteiger partial charge in [0, 0.05) is 39.4 Å². The molecule has 0 bridgehead atoms. The minimum absolute atomic E-state index is 0.457. The Bertz CT molecular complexity index is 315. The van der Waals surface area contributed by atoms with Gasteiger partial charge in [-0.3, -0.25) is 4.99 Å². The Balaban J connectivity index is 2.50. The minimum Gasteiger partial charge on any atom is -0.382 e. The summed E-state index contributed by atoms with van der Waals surface area (Å²) >= 11 is 0. The SMILES string of the molecule is CCCC1(C)CCCN(C(=NCCCCOCC)NCC)C1. The van der Waals surface area contributed by atoms with E-state index >= 15 is 0 Å². The van der Waals surface area contributed by atoms with Crippen molar-refractivity contribution in [1.82, 2.24) is 10.2 Å². The lowest BCUT2D eigenvalue weighted by molar-refractivity contribution is 0.141. The first kappa shape index (κ1) is 19.3. The van der Waals surface area contributed by atoms with Gasteiger partial charge in [0.25, 0.3) is 0 Å². The maximum Gasteiger partial charge on any atom is 0.193 e. The number of guanidine groups is 1. The third kappa shape index (κ3) is 6.99. The van der Waals surface area contributed by atoms with Gasteiger partial charge in [-0.05, 0) is 51.4 Å². The van der Waals surface area contributed by atoms with Crippen molar-refractivity contribution in [3.63, 3.8) is 0 Å². The molecule has 1 saturated heterocycles. The van der Waals surface area contributed by atoms with Gasteiger partial charge in [0.2, 0.25) is 0 Å². The van der Waals surface area contributed by atoms with Crippen molar-refractivity contribution < 1.29 is 4.74 Å². The van der Waals surface area contributed by atoms with E-state index in [9.17, 15) is 0 Å². The number of likely N-dealkylation sites (tertiary alicyclic amines) is 1. The lowest BCUT2D eigenvalue weighted by Gasteiger charge is -2.42. The fraction of sp³-hybridized carbons (Fsp3) is 0.944. The number of piperidine rings is 1. The quantitative estimate of drug-likeness (QED) is 0.401. The first-order valence-electron chi connectivity index (χ1n) is 9.26. The second-order valence-corrected chi connectivity index (χ2v) is 6.73. The van der Waals surface area contributed by atoms with Crippen LogP contribution >= 0.6 is 0 Å². The van der Waals surface area contributed by atoms with Crippen LogP contribution in [0.2, 0.25) is 0 Å². The van der Waals surface area contributed by atoms with E-state index in [1.54, 1.807) is 0 Å². The molecule has 1 heterocycles. The molecule has 0 aliphatic carbocycles. The van der Waals surface area contributed by atoms with Gasteiger partial charge in [-0.15, -0.1) is 0 Å². The molecule has 1 rings (SSSR count). The highest BCUT2D eigenvalue weighted by Gasteiger charge is 2.31. The van der Waals surface area contributed by atoms with Crippen LogP contribution in [-0.2, 0) is 4.74 Å². The number of nitrogens with one attached hydrogen (secondary N) is 1. The van der Waals surface area contributed by atoms with Gasteiger partial charge in [-0.2, -0.15) is 0 Å². The van der Waals surface area contributed by atoms with E-state index in [-0.39, 0.29) is 0 Å². The van der Waals surface area contributed by atoms with E-state index in [0.717, 1.165) is 58.2 Å². The van der Waals surface area contributed by atoms with Crippen LogP contribution < -0.4 is 5.32 Å². The summed E-state index contributed by atoms with van der Waals surface area (Å²) in [6, 6.07) is 0. The van der Waals surface area contributed by atoms with E-state index in [1.165, 1.54) is 25.7 Å². The summed E-state index contributed by atoms with van der Waals surface area (Å²) in [5, 5.41) is 3.48. The molecule has 0 aromatic carbocycles. The fourth-order valence-electron chi connectivity index (χ4n) is 3.38. The number of nitrogens with zero attached hydrogens (tertiary/aromatic N) is 2. The van der Waals surface area contributed by atoms with Gasteiger partial charge in [0.1, 0.15) is 0 Å². The van der Waals surface area contributed by atoms with Crippen molar-refractivity contribution in [2.45, 2.75) is 66.2 Å². The Hall–Kier alpha value is -0.770. The standard InChI is InChI=1S/C18H37N3O/c1-5-11-18(4)12-10-14-21(16-18)17(19-6-2)20-13-8-9-15-22-7-3/h5-16H2,1-4H3,(H,19,20). The summed E-state index contributed by atoms with van der Waals surface area (Å²) in [6.45, 7) is 14.7. The van der Waals surface area contributed by atoms with Crippen molar-refractivity contribution in [2.75, 3.05) is 39.4 Å². The molecule has 1 unspecified atom stereocenters. The molecule has 0 amide bonds. The molecule has 22 heavy (non-hydrogen) atoms. The Morgan fingerprint density at radius 3 is 2.77 bits per heavy atom. The summed E-state index contributed by atoms with van der Waals surface area (Å²) in [6.07, 6.45) is 7.43. The molecule has 0 aromatic heterocycles. The van der Waals surface area contributed by atoms with Crippen molar-refractivity contribution in [3.8, 4) is 0 Å². The van der Waals surface area contributed by atoms with E-state index < -0.39 is 0 Å². The van der Waals surface area contributed by atoms with E-state index in [0.29, 0.717) is 5.41 Å². The summed E-state index contributed by atoms with van der Waals surface area (Å²) in [5.41, 5.74) is 0.457. The first-order valence-corrected chi connectivity index (χ1v) is 9.26. The summed E-state index contributed by atoms with van der Waals surface area (Å²) in [4.78, 5) is 7.31. The highest BCUT2D eigenvalue weighted by molar-refractivity contribution is 5.80. The molecule has 1 atom stereocenters. The van der Waals surface area contributed by atoms with Crippen LogP contribution in [0.5, 0.6) is 0 Å². The van der Waals surface area contributed by atoms with Crippen LogP contribution in [0.15, 0.2) is 4.99 Å². The highest BCUT2D eigenvalue weighted by atomic mass is 16.5. The average Bonchev–Trinajstić information content (AvgIpc) is 2.49. The van der Waals surface area contributed by atoms with Crippen LogP contribution in [0.3, 0.4) is 0 Å². The molecule has 0 aromatic rings. The van der Waals surface area contributed by atoms with Crippen molar-refractivity contribution in [2.24, 2.45) is 10.4 Å². The van der Waals surface area contributed by atoms with Crippen molar-refractivity contribution in [3.05, 3.63) is 0 Å². The van der Waals surface area contributed by atoms with Crippen LogP contribution in [0.4, 0.5) is 0 Å². The van der Waals surface area contributed by atoms with Gasteiger partial charge >= 0.3 is 0 Å². The third-order valence-corrected chi connectivity index (χ3v) is 4.43. The van der Waals surface area contributed by atoms with E-state index in [4.69, 9.17) is 9.73 Å². The second-order valence-electron chi connectivity index (χ2n) is 6.73. The number of rotatable bonds is 9. The molecular weight excluding hydrogens is 274 g/mol. The Kier molecular flexibility index (Phi) is 9.53. The van der Waals surface area contributed by atoms with Gasteiger partial charge in [-0.25, -0.2) is 0 Å². The summed E-state index contributed by atoms with van der Waals surface area (Å²) in [7, 11) is 0. The molecule has 0 spiro atoms. The zero-order chi connectivity index (χ0) is 16.3. The zero-order valence-corrected chi connectivity index (χ0v) is 15.3. The van der Waals surface area contributed by atoms with Gasteiger partial charge in [-0.1, -0.05) is 20.3 Å². The molecular formula is C18H37N3O. The fourth-order valence-corrected chi connectivity index (χ4v) is 3.38. The van der Waals surface area contributed by atoms with Gasteiger partial charge in [0.05, 0.1) is 0 Å². The van der Waals surface area contributed by atoms with Crippen LogP contribution in [0.25, 0.3) is 0 Å². The molecule has 1 aliphatic heterocycles. The minimum atomic E-state index is 0.457. The maximum absolute atomic E-state index is 5.38. The van der Waals surface area contributed by atoms with Crippen LogP contribution in [0, 0.1) is 5.41 Å². The topological polar surface area (TPSA) is 36.9 Å². The normalized spacial score (nSPS) is 22.9. The van der Waals surface area contributed by atoms with Gasteiger partial charge < -0.3 is 15.0 Å². The number of unbranched alkanes of at least 4 members (excludes halogenated alkanes) is 1. The molecule has 4 nitrogen and oxygen atoms in total. The lowest BCUT2D eigenvalue weighted by Crippen LogP contribution is -2.49. The Morgan fingerprint density at radius 2 is 2.09 bits per heavy atom. The maximum atomic E-state index is 5.38. The number of ether oxygens (including phenoxy) is 1.